The zero-order chi connectivity index (χ0) is 27.2. The number of hydrogen-bond acceptors (Lipinski definition) is 7. The Morgan fingerprint density at radius 2 is 2.03 bits per heavy atom. The number of nitrogens with one attached hydrogen (secondary N) is 1. The lowest BCUT2D eigenvalue weighted by Crippen LogP contribution is -2.56. The second-order valence-electron chi connectivity index (χ2n) is 10.3. The molecule has 9 nitrogen and oxygen atoms in total. The molecule has 1 saturated carbocycles. The van der Waals surface area contributed by atoms with Crippen LogP contribution >= 0.6 is 0 Å². The van der Waals surface area contributed by atoms with Gasteiger partial charge in [-0.2, -0.15) is 0 Å². The van der Waals surface area contributed by atoms with E-state index in [0.29, 0.717) is 53.4 Å². The number of aliphatic hydroxyl groups is 2. The third-order valence-electron chi connectivity index (χ3n) is 7.83. The molecule has 1 heterocycles. The highest BCUT2D eigenvalue weighted by atomic mass is 16.5. The molecule has 1 aliphatic heterocycles. The van der Waals surface area contributed by atoms with Crippen LogP contribution in [-0.2, 0) is 9.59 Å². The predicted molar refractivity (Wildman–Crippen MR) is 141 cm³/mol. The number of nitrogens with zero attached hydrogens (tertiary/aromatic N) is 1. The van der Waals surface area contributed by atoms with Crippen molar-refractivity contribution in [3.8, 4) is 11.5 Å². The first-order chi connectivity index (χ1) is 18.4. The number of aldehydes is 1. The lowest BCUT2D eigenvalue weighted by atomic mass is 9.76. The molecule has 1 aromatic carbocycles. The van der Waals surface area contributed by atoms with Crippen LogP contribution in [0.3, 0.4) is 0 Å². The predicted octanol–water partition coefficient (Wildman–Crippen LogP) is 2.51. The topological polar surface area (TPSA) is 125 Å². The van der Waals surface area contributed by atoms with Gasteiger partial charge < -0.3 is 29.9 Å². The summed E-state index contributed by atoms with van der Waals surface area (Å²) in [6.07, 6.45) is 8.27. The number of carbonyl (C=O) groups is 3. The maximum Gasteiger partial charge on any atom is 0.247 e. The summed E-state index contributed by atoms with van der Waals surface area (Å²) in [4.78, 5) is 40.2. The van der Waals surface area contributed by atoms with Crippen LogP contribution in [0.5, 0.6) is 11.5 Å². The van der Waals surface area contributed by atoms with Crippen LogP contribution < -0.4 is 14.8 Å². The van der Waals surface area contributed by atoms with Gasteiger partial charge in [0.05, 0.1) is 25.7 Å². The van der Waals surface area contributed by atoms with Gasteiger partial charge in [0.15, 0.2) is 11.5 Å². The molecule has 38 heavy (non-hydrogen) atoms. The van der Waals surface area contributed by atoms with Crippen molar-refractivity contribution in [2.75, 3.05) is 26.8 Å². The third kappa shape index (κ3) is 5.63. The number of rotatable bonds is 11. The number of methoxy groups -OCH3 is 1. The highest BCUT2D eigenvalue weighted by Gasteiger charge is 2.51. The largest absolute Gasteiger partial charge is 0.493 e. The Hall–Kier alpha value is -3.17. The van der Waals surface area contributed by atoms with Gasteiger partial charge in [-0.25, -0.2) is 0 Å². The van der Waals surface area contributed by atoms with Crippen molar-refractivity contribution in [1.29, 1.82) is 0 Å². The highest BCUT2D eigenvalue weighted by Crippen LogP contribution is 2.51. The molecule has 0 aromatic heterocycles. The van der Waals surface area contributed by atoms with E-state index in [2.05, 4.69) is 11.9 Å². The van der Waals surface area contributed by atoms with Crippen molar-refractivity contribution in [3.05, 3.63) is 47.6 Å². The summed E-state index contributed by atoms with van der Waals surface area (Å²) in [5.74, 6) is -0.193. The fourth-order valence-corrected chi connectivity index (χ4v) is 5.97. The van der Waals surface area contributed by atoms with Crippen LogP contribution in [0.2, 0.25) is 0 Å². The molecule has 206 valence electrons. The minimum Gasteiger partial charge on any atom is -0.493 e. The Labute approximate surface area is 223 Å². The van der Waals surface area contributed by atoms with Crippen LogP contribution in [0.4, 0.5) is 0 Å². The highest BCUT2D eigenvalue weighted by molar-refractivity contribution is 5.96. The summed E-state index contributed by atoms with van der Waals surface area (Å²) < 4.78 is 11.7. The van der Waals surface area contributed by atoms with Crippen molar-refractivity contribution < 1.29 is 34.1 Å². The zero-order valence-corrected chi connectivity index (χ0v) is 21.9. The van der Waals surface area contributed by atoms with Crippen molar-refractivity contribution in [1.82, 2.24) is 10.2 Å². The molecule has 2 aliphatic carbocycles. The minimum atomic E-state index is -1.12. The van der Waals surface area contributed by atoms with E-state index in [1.807, 2.05) is 0 Å². The van der Waals surface area contributed by atoms with Crippen LogP contribution in [0.1, 0.15) is 66.8 Å². The monoisotopic (exact) mass is 526 g/mol. The number of amides is 2. The molecular weight excluding hydrogens is 488 g/mol. The molecule has 0 spiro atoms. The summed E-state index contributed by atoms with van der Waals surface area (Å²) in [5, 5.41) is 23.7. The van der Waals surface area contributed by atoms with Crippen molar-refractivity contribution in [3.63, 3.8) is 0 Å². The molecule has 0 bridgehead atoms. The minimum absolute atomic E-state index is 0.0518. The van der Waals surface area contributed by atoms with Gasteiger partial charge in [-0.05, 0) is 43.4 Å². The van der Waals surface area contributed by atoms with Crippen LogP contribution in [0, 0.1) is 5.92 Å². The molecule has 0 radical (unpaired) electrons. The normalized spacial score (nSPS) is 24.3. The number of benzene rings is 1. The van der Waals surface area contributed by atoms with E-state index >= 15 is 0 Å². The first-order valence-electron chi connectivity index (χ1n) is 13.5. The SMILES string of the molecule is C=CCCC(=O)N(CC1CCCCC1)C1C=C(C(=O)NCCO)C2c3cc(C=O)cc(OC)c3OC2C1O. The third-order valence-corrected chi connectivity index (χ3v) is 7.83. The lowest BCUT2D eigenvalue weighted by Gasteiger charge is -2.42. The maximum absolute atomic E-state index is 13.5. The van der Waals surface area contributed by atoms with Gasteiger partial charge in [0.1, 0.15) is 18.5 Å². The van der Waals surface area contributed by atoms with Crippen LogP contribution in [0.25, 0.3) is 0 Å². The molecule has 3 N–H and O–H groups in total. The molecule has 4 unspecified atom stereocenters. The molecule has 1 fully saturated rings. The zero-order valence-electron chi connectivity index (χ0n) is 21.9. The second kappa shape index (κ2) is 12.6. The van der Waals surface area contributed by atoms with Gasteiger partial charge in [0.2, 0.25) is 11.8 Å². The summed E-state index contributed by atoms with van der Waals surface area (Å²) in [5.41, 5.74) is 1.25. The Kier molecular flexibility index (Phi) is 9.22. The molecule has 3 aliphatic rings. The van der Waals surface area contributed by atoms with Crippen LogP contribution in [0.15, 0.2) is 36.4 Å². The van der Waals surface area contributed by atoms with E-state index in [1.165, 1.54) is 13.5 Å². The summed E-state index contributed by atoms with van der Waals surface area (Å²) >= 11 is 0. The smallest absolute Gasteiger partial charge is 0.247 e. The standard InChI is InChI=1S/C29H38N2O7/c1-3-4-10-24(34)31(16-18-8-6-5-7-9-18)22-15-21(29(36)30-11-12-32)25-20-13-19(17-33)14-23(37-2)27(20)38-28(25)26(22)35/h3,13-15,17-18,22,25-26,28,32,35H,1,4-12,16H2,2H3,(H,30,36). The van der Waals surface area contributed by atoms with Gasteiger partial charge in [0, 0.05) is 36.2 Å². The lowest BCUT2D eigenvalue weighted by molar-refractivity contribution is -0.138. The van der Waals surface area contributed by atoms with E-state index < -0.39 is 30.1 Å². The first kappa shape index (κ1) is 27.9. The Morgan fingerprint density at radius 3 is 2.68 bits per heavy atom. The summed E-state index contributed by atoms with van der Waals surface area (Å²) in [7, 11) is 1.46. The van der Waals surface area contributed by atoms with E-state index in [4.69, 9.17) is 9.47 Å². The first-order valence-corrected chi connectivity index (χ1v) is 13.5. The van der Waals surface area contributed by atoms with Gasteiger partial charge in [-0.1, -0.05) is 25.3 Å². The number of fused-ring (bicyclic) bond motifs is 3. The molecular formula is C29H38N2O7. The number of carbonyl (C=O) groups excluding carboxylic acids is 3. The Balaban J connectivity index is 1.77. The summed E-state index contributed by atoms with van der Waals surface area (Å²) in [6, 6.07) is 2.41. The molecule has 4 atom stereocenters. The van der Waals surface area contributed by atoms with E-state index in [9.17, 15) is 24.6 Å². The van der Waals surface area contributed by atoms with Crippen molar-refractivity contribution in [2.45, 2.75) is 69.1 Å². The van der Waals surface area contributed by atoms with Crippen molar-refractivity contribution in [2.24, 2.45) is 5.92 Å². The Morgan fingerprint density at radius 1 is 1.26 bits per heavy atom. The number of aliphatic hydroxyl groups excluding tert-OH is 2. The van der Waals surface area contributed by atoms with Gasteiger partial charge in [0.25, 0.3) is 0 Å². The van der Waals surface area contributed by atoms with E-state index in [0.717, 1.165) is 25.7 Å². The molecule has 1 aromatic rings. The molecule has 9 heteroatoms. The van der Waals surface area contributed by atoms with Crippen molar-refractivity contribution >= 4 is 18.1 Å². The molecule has 4 rings (SSSR count). The van der Waals surface area contributed by atoms with Gasteiger partial charge in [-0.3, -0.25) is 14.4 Å². The van der Waals surface area contributed by atoms with E-state index in [-0.39, 0.29) is 25.5 Å². The van der Waals surface area contributed by atoms with Crippen LogP contribution in [-0.4, -0.2) is 78.3 Å². The molecule has 2 amide bonds. The van der Waals surface area contributed by atoms with Gasteiger partial charge in [-0.15, -0.1) is 6.58 Å². The fourth-order valence-electron chi connectivity index (χ4n) is 5.97. The maximum atomic E-state index is 13.5. The van der Waals surface area contributed by atoms with E-state index in [1.54, 1.807) is 29.2 Å². The number of allylic oxidation sites excluding steroid dienone is 1. The summed E-state index contributed by atoms with van der Waals surface area (Å²) in [6.45, 7) is 4.04. The second-order valence-corrected chi connectivity index (χ2v) is 10.3. The number of ether oxygens (including phenoxy) is 2. The quantitative estimate of drug-likeness (QED) is 0.299. The average Bonchev–Trinajstić information content (AvgIpc) is 3.34. The van der Waals surface area contributed by atoms with Gasteiger partial charge >= 0.3 is 0 Å². The fraction of sp³-hybridized carbons (Fsp3) is 0.552. The average molecular weight is 527 g/mol. The Bertz CT molecular complexity index is 1080. The number of hydrogen-bond donors (Lipinski definition) is 3. The molecule has 0 saturated heterocycles.